The fraction of sp³-hybridized carbons (Fsp3) is 0.241. The van der Waals surface area contributed by atoms with Crippen LogP contribution in [-0.4, -0.2) is 31.5 Å². The monoisotopic (exact) mass is 570 g/mol. The van der Waals surface area contributed by atoms with Gasteiger partial charge in [0, 0.05) is 28.5 Å². The van der Waals surface area contributed by atoms with Gasteiger partial charge in [0.1, 0.15) is 11.6 Å². The molecule has 0 aliphatic carbocycles. The highest BCUT2D eigenvalue weighted by atomic mass is 35.5. The van der Waals surface area contributed by atoms with E-state index in [-0.39, 0.29) is 28.1 Å². The first-order valence-corrected chi connectivity index (χ1v) is 12.8. The SMILES string of the molecule is CCn1c(-c2cc3cn(Cc4ccc(OC)cc4)c(O)c3cc2F)nnc1C(C)(C)Oc1c(F)cc(Cl)cc1F. The number of methoxy groups -OCH3 is 1. The lowest BCUT2D eigenvalue weighted by Gasteiger charge is -2.26. The lowest BCUT2D eigenvalue weighted by atomic mass is 10.1. The van der Waals surface area contributed by atoms with Crippen LogP contribution in [0.2, 0.25) is 5.02 Å². The lowest BCUT2D eigenvalue weighted by Crippen LogP contribution is -2.30. The zero-order valence-corrected chi connectivity index (χ0v) is 22.9. The van der Waals surface area contributed by atoms with Crippen LogP contribution in [0.5, 0.6) is 17.4 Å². The van der Waals surface area contributed by atoms with Crippen LogP contribution in [0.4, 0.5) is 13.2 Å². The Hall–Kier alpha value is -4.18. The summed E-state index contributed by atoms with van der Waals surface area (Å²) in [4.78, 5) is 0. The Morgan fingerprint density at radius 1 is 0.975 bits per heavy atom. The maximum atomic E-state index is 15.5. The van der Waals surface area contributed by atoms with Crippen molar-refractivity contribution in [3.05, 3.63) is 88.6 Å². The number of ether oxygens (including phenoxy) is 2. The standard InChI is InChI=1S/C29H26ClF3N4O3/c1-5-37-26(34-35-28(37)29(2,3)40-25-23(32)11-18(30)12-24(25)33)21-10-17-15-36(27(38)20(17)13-22(21)31)14-16-6-8-19(39-4)9-7-16/h6-13,15,38H,5,14H2,1-4H3. The molecule has 5 aromatic rings. The second-order valence-corrected chi connectivity index (χ2v) is 10.2. The minimum Gasteiger partial charge on any atom is -0.497 e. The molecule has 0 unspecified atom stereocenters. The molecular weight excluding hydrogens is 545 g/mol. The molecule has 40 heavy (non-hydrogen) atoms. The van der Waals surface area contributed by atoms with Gasteiger partial charge in [-0.15, -0.1) is 10.2 Å². The molecule has 0 fully saturated rings. The largest absolute Gasteiger partial charge is 0.497 e. The van der Waals surface area contributed by atoms with Crippen molar-refractivity contribution >= 4 is 22.4 Å². The lowest BCUT2D eigenvalue weighted by molar-refractivity contribution is 0.0827. The predicted octanol–water partition coefficient (Wildman–Crippen LogP) is 7.07. The van der Waals surface area contributed by atoms with E-state index < -0.39 is 28.8 Å². The maximum Gasteiger partial charge on any atom is 0.199 e. The molecule has 0 radical (unpaired) electrons. The van der Waals surface area contributed by atoms with E-state index in [2.05, 4.69) is 10.2 Å². The van der Waals surface area contributed by atoms with Crippen molar-refractivity contribution in [2.75, 3.05) is 7.11 Å². The molecule has 11 heteroatoms. The summed E-state index contributed by atoms with van der Waals surface area (Å²) in [7, 11) is 1.58. The van der Waals surface area contributed by atoms with Gasteiger partial charge in [-0.3, -0.25) is 0 Å². The van der Waals surface area contributed by atoms with Crippen LogP contribution in [0.15, 0.2) is 54.7 Å². The topological polar surface area (TPSA) is 74.3 Å². The van der Waals surface area contributed by atoms with E-state index in [0.29, 0.717) is 29.6 Å². The summed E-state index contributed by atoms with van der Waals surface area (Å²) in [5.41, 5.74) is -0.283. The fourth-order valence-corrected chi connectivity index (χ4v) is 4.86. The zero-order valence-electron chi connectivity index (χ0n) is 22.2. The molecule has 1 N–H and O–H groups in total. The molecule has 0 amide bonds. The summed E-state index contributed by atoms with van der Waals surface area (Å²) < 4.78 is 58.5. The first kappa shape index (κ1) is 27.4. The second kappa shape index (κ2) is 10.4. The third-order valence-corrected chi connectivity index (χ3v) is 6.84. The molecule has 0 spiro atoms. The molecule has 208 valence electrons. The summed E-state index contributed by atoms with van der Waals surface area (Å²) in [6.45, 7) is 5.65. The Morgan fingerprint density at radius 2 is 1.65 bits per heavy atom. The maximum absolute atomic E-state index is 15.5. The fourth-order valence-electron chi connectivity index (χ4n) is 4.67. The Bertz CT molecular complexity index is 1690. The van der Waals surface area contributed by atoms with E-state index >= 15 is 4.39 Å². The summed E-state index contributed by atoms with van der Waals surface area (Å²) in [5, 5.41) is 20.1. The van der Waals surface area contributed by atoms with Gasteiger partial charge in [0.05, 0.1) is 19.2 Å². The first-order valence-electron chi connectivity index (χ1n) is 12.4. The molecule has 0 aliphatic heterocycles. The quantitative estimate of drug-likeness (QED) is 0.216. The van der Waals surface area contributed by atoms with Crippen molar-refractivity contribution in [2.24, 2.45) is 0 Å². The van der Waals surface area contributed by atoms with Crippen molar-refractivity contribution in [3.8, 4) is 28.8 Å². The molecule has 0 saturated carbocycles. The number of aromatic hydroxyl groups is 1. The molecule has 0 bridgehead atoms. The van der Waals surface area contributed by atoms with Gasteiger partial charge in [0.2, 0.25) is 0 Å². The predicted molar refractivity (Wildman–Crippen MR) is 145 cm³/mol. The number of halogens is 4. The van der Waals surface area contributed by atoms with Crippen LogP contribution in [0.1, 0.15) is 32.2 Å². The van der Waals surface area contributed by atoms with Crippen LogP contribution in [0.3, 0.4) is 0 Å². The number of aromatic nitrogens is 4. The van der Waals surface area contributed by atoms with Crippen molar-refractivity contribution in [1.29, 1.82) is 0 Å². The van der Waals surface area contributed by atoms with Crippen molar-refractivity contribution in [2.45, 2.75) is 39.5 Å². The summed E-state index contributed by atoms with van der Waals surface area (Å²) in [6.07, 6.45) is 1.73. The average Bonchev–Trinajstić information content (AvgIpc) is 3.48. The highest BCUT2D eigenvalue weighted by Gasteiger charge is 2.33. The third-order valence-electron chi connectivity index (χ3n) is 6.63. The molecule has 3 aromatic carbocycles. The minimum atomic E-state index is -1.35. The Balaban J connectivity index is 1.51. The Kier molecular flexibility index (Phi) is 7.14. The number of fused-ring (bicyclic) bond motifs is 1. The van der Waals surface area contributed by atoms with Gasteiger partial charge in [-0.1, -0.05) is 23.7 Å². The summed E-state index contributed by atoms with van der Waals surface area (Å²) in [5.74, 6) is -2.07. The number of hydrogen-bond donors (Lipinski definition) is 1. The van der Waals surface area contributed by atoms with E-state index in [4.69, 9.17) is 21.1 Å². The first-order chi connectivity index (χ1) is 19.0. The van der Waals surface area contributed by atoms with Gasteiger partial charge in [-0.2, -0.15) is 0 Å². The molecule has 5 rings (SSSR count). The van der Waals surface area contributed by atoms with Gasteiger partial charge >= 0.3 is 0 Å². The number of rotatable bonds is 8. The van der Waals surface area contributed by atoms with Gasteiger partial charge in [-0.25, -0.2) is 13.2 Å². The highest BCUT2D eigenvalue weighted by Crippen LogP contribution is 2.37. The normalized spacial score (nSPS) is 11.8. The van der Waals surface area contributed by atoms with E-state index in [0.717, 1.165) is 17.7 Å². The van der Waals surface area contributed by atoms with E-state index in [9.17, 15) is 13.9 Å². The van der Waals surface area contributed by atoms with Crippen LogP contribution in [-0.2, 0) is 18.7 Å². The summed E-state index contributed by atoms with van der Waals surface area (Å²) >= 11 is 5.73. The van der Waals surface area contributed by atoms with Crippen molar-refractivity contribution in [3.63, 3.8) is 0 Å². The minimum absolute atomic E-state index is 0.0736. The third kappa shape index (κ3) is 4.95. The molecule has 2 heterocycles. The molecule has 2 aromatic heterocycles. The van der Waals surface area contributed by atoms with E-state index in [1.165, 1.54) is 6.07 Å². The molecule has 0 saturated heterocycles. The van der Waals surface area contributed by atoms with Crippen LogP contribution >= 0.6 is 11.6 Å². The van der Waals surface area contributed by atoms with E-state index in [1.54, 1.807) is 42.4 Å². The number of hydrogen-bond acceptors (Lipinski definition) is 5. The van der Waals surface area contributed by atoms with Gasteiger partial charge in [0.25, 0.3) is 0 Å². The second-order valence-electron chi connectivity index (χ2n) is 9.75. The average molecular weight is 571 g/mol. The molecular formula is C29H26ClF3N4O3. The van der Waals surface area contributed by atoms with Crippen molar-refractivity contribution in [1.82, 2.24) is 19.3 Å². The number of nitrogens with zero attached hydrogens (tertiary/aromatic N) is 4. The smallest absolute Gasteiger partial charge is 0.199 e. The highest BCUT2D eigenvalue weighted by molar-refractivity contribution is 6.30. The van der Waals surface area contributed by atoms with Gasteiger partial charge in [-0.05, 0) is 62.7 Å². The molecule has 7 nitrogen and oxygen atoms in total. The summed E-state index contributed by atoms with van der Waals surface area (Å²) in [6, 6.07) is 12.1. The Morgan fingerprint density at radius 3 is 2.27 bits per heavy atom. The zero-order chi connectivity index (χ0) is 28.8. The van der Waals surface area contributed by atoms with Crippen LogP contribution in [0.25, 0.3) is 22.2 Å². The van der Waals surface area contributed by atoms with Gasteiger partial charge in [0.15, 0.2) is 40.5 Å². The molecule has 0 atom stereocenters. The van der Waals surface area contributed by atoms with Crippen LogP contribution < -0.4 is 9.47 Å². The number of benzene rings is 3. The Labute approximate surface area is 233 Å². The van der Waals surface area contributed by atoms with Crippen LogP contribution in [0, 0.1) is 17.5 Å². The van der Waals surface area contributed by atoms with Crippen molar-refractivity contribution < 1.29 is 27.8 Å². The molecule has 0 aliphatic rings. The van der Waals surface area contributed by atoms with Gasteiger partial charge < -0.3 is 23.7 Å². The van der Waals surface area contributed by atoms with E-state index in [1.807, 2.05) is 31.2 Å².